The van der Waals surface area contributed by atoms with Crippen LogP contribution in [0.25, 0.3) is 22.2 Å². The molecule has 144 valence electrons. The van der Waals surface area contributed by atoms with Gasteiger partial charge in [-0.3, -0.25) is 4.79 Å². The second kappa shape index (κ2) is 8.10. The molecule has 4 aromatic rings. The lowest BCUT2D eigenvalue weighted by atomic mass is 10.0. The third kappa shape index (κ3) is 3.80. The number of aryl methyl sites for hydroxylation is 1. The molecule has 1 aromatic heterocycles. The Balaban J connectivity index is 1.84. The number of rotatable bonds is 5. The molecule has 5 nitrogen and oxygen atoms in total. The summed E-state index contributed by atoms with van der Waals surface area (Å²) in [5.41, 5.74) is 4.32. The van der Waals surface area contributed by atoms with E-state index in [1.54, 1.807) is 0 Å². The van der Waals surface area contributed by atoms with Crippen LogP contribution in [-0.2, 0) is 0 Å². The van der Waals surface area contributed by atoms with Gasteiger partial charge in [0.25, 0.3) is 5.91 Å². The maximum absolute atomic E-state index is 13.4. The average Bonchev–Trinajstić information content (AvgIpc) is 2.75. The summed E-state index contributed by atoms with van der Waals surface area (Å²) in [5.74, 6) is 0.380. The molecule has 0 atom stereocenters. The largest absolute Gasteiger partial charge is 0.492 e. The Morgan fingerprint density at radius 2 is 1.66 bits per heavy atom. The zero-order chi connectivity index (χ0) is 20.2. The van der Waals surface area contributed by atoms with E-state index in [-0.39, 0.29) is 5.91 Å². The molecular weight excluding hydrogens is 362 g/mol. The molecule has 0 spiro atoms. The second-order valence-electron chi connectivity index (χ2n) is 6.69. The van der Waals surface area contributed by atoms with E-state index in [0.717, 1.165) is 16.5 Å². The minimum absolute atomic E-state index is 0.251. The van der Waals surface area contributed by atoms with Crippen molar-refractivity contribution in [1.82, 2.24) is 10.2 Å². The number of nitrogens with one attached hydrogen (secondary N) is 1. The number of benzene rings is 3. The average molecular weight is 383 g/mol. The minimum Gasteiger partial charge on any atom is -0.492 e. The summed E-state index contributed by atoms with van der Waals surface area (Å²) in [5, 5.41) is 12.5. The number of ether oxygens (including phenoxy) is 1. The first kappa shape index (κ1) is 18.6. The van der Waals surface area contributed by atoms with E-state index in [0.29, 0.717) is 34.8 Å². The fourth-order valence-electron chi connectivity index (χ4n) is 3.23. The van der Waals surface area contributed by atoms with Crippen LogP contribution in [0.1, 0.15) is 22.8 Å². The Hall–Kier alpha value is -3.73. The summed E-state index contributed by atoms with van der Waals surface area (Å²) >= 11 is 0. The quantitative estimate of drug-likeness (QED) is 0.511. The van der Waals surface area contributed by atoms with Crippen molar-refractivity contribution in [2.75, 3.05) is 11.9 Å². The number of anilines is 1. The summed E-state index contributed by atoms with van der Waals surface area (Å²) in [4.78, 5) is 13.4. The fourth-order valence-corrected chi connectivity index (χ4v) is 3.23. The van der Waals surface area contributed by atoms with Crippen molar-refractivity contribution in [3.8, 4) is 17.0 Å². The van der Waals surface area contributed by atoms with Gasteiger partial charge in [0.1, 0.15) is 11.4 Å². The first-order chi connectivity index (χ1) is 14.2. The molecule has 0 unspecified atom stereocenters. The van der Waals surface area contributed by atoms with Crippen LogP contribution in [-0.4, -0.2) is 22.7 Å². The first-order valence-corrected chi connectivity index (χ1v) is 9.53. The van der Waals surface area contributed by atoms with Gasteiger partial charge in [-0.2, -0.15) is 0 Å². The number of hydrogen-bond donors (Lipinski definition) is 1. The highest BCUT2D eigenvalue weighted by atomic mass is 16.5. The van der Waals surface area contributed by atoms with Gasteiger partial charge in [0.2, 0.25) is 0 Å². The van der Waals surface area contributed by atoms with Gasteiger partial charge in [0, 0.05) is 10.9 Å². The topological polar surface area (TPSA) is 64.1 Å². The Morgan fingerprint density at radius 1 is 0.931 bits per heavy atom. The summed E-state index contributed by atoms with van der Waals surface area (Å²) < 4.78 is 5.65. The molecule has 0 aliphatic heterocycles. The van der Waals surface area contributed by atoms with E-state index in [4.69, 9.17) is 4.74 Å². The number of carbonyl (C=O) groups excluding carboxylic acids is 1. The molecule has 5 heteroatoms. The monoisotopic (exact) mass is 383 g/mol. The number of amides is 1. The van der Waals surface area contributed by atoms with Crippen LogP contribution in [0, 0.1) is 6.92 Å². The van der Waals surface area contributed by atoms with Gasteiger partial charge in [-0.05, 0) is 32.0 Å². The first-order valence-electron chi connectivity index (χ1n) is 9.53. The van der Waals surface area contributed by atoms with Crippen LogP contribution < -0.4 is 10.1 Å². The van der Waals surface area contributed by atoms with Crippen LogP contribution in [0.5, 0.6) is 5.75 Å². The van der Waals surface area contributed by atoms with Crippen LogP contribution in [0.4, 0.5) is 5.69 Å². The zero-order valence-corrected chi connectivity index (χ0v) is 16.3. The highest BCUT2D eigenvalue weighted by Gasteiger charge is 2.20. The molecule has 0 aliphatic carbocycles. The van der Waals surface area contributed by atoms with Gasteiger partial charge < -0.3 is 10.1 Å². The number of aromatic nitrogens is 2. The number of fused-ring (bicyclic) bond motifs is 1. The van der Waals surface area contributed by atoms with Crippen LogP contribution in [0.3, 0.4) is 0 Å². The van der Waals surface area contributed by atoms with Crippen molar-refractivity contribution >= 4 is 22.5 Å². The summed E-state index contributed by atoms with van der Waals surface area (Å²) in [6.07, 6.45) is 0. The van der Waals surface area contributed by atoms with Crippen molar-refractivity contribution in [2.24, 2.45) is 0 Å². The van der Waals surface area contributed by atoms with Gasteiger partial charge in [-0.25, -0.2) is 0 Å². The second-order valence-corrected chi connectivity index (χ2v) is 6.69. The third-order valence-corrected chi connectivity index (χ3v) is 4.66. The molecule has 3 aromatic carbocycles. The van der Waals surface area contributed by atoms with Crippen molar-refractivity contribution in [2.45, 2.75) is 13.8 Å². The van der Waals surface area contributed by atoms with Gasteiger partial charge in [-0.1, -0.05) is 60.2 Å². The summed E-state index contributed by atoms with van der Waals surface area (Å²) in [6.45, 7) is 4.45. The maximum atomic E-state index is 13.4. The zero-order valence-electron chi connectivity index (χ0n) is 16.3. The van der Waals surface area contributed by atoms with E-state index < -0.39 is 0 Å². The maximum Gasteiger partial charge on any atom is 0.258 e. The van der Waals surface area contributed by atoms with Gasteiger partial charge in [0.05, 0.1) is 23.4 Å². The molecule has 0 aliphatic rings. The Morgan fingerprint density at radius 3 is 2.45 bits per heavy atom. The SMILES string of the molecule is CCOc1ccccc1NC(=O)c1c(-c2ccc(C)cc2)nnc2ccccc12. The molecule has 1 N–H and O–H groups in total. The van der Waals surface area contributed by atoms with Crippen molar-refractivity contribution in [3.05, 3.63) is 83.9 Å². The molecule has 1 heterocycles. The Kier molecular flexibility index (Phi) is 5.20. The predicted molar refractivity (Wildman–Crippen MR) is 115 cm³/mol. The van der Waals surface area contributed by atoms with Crippen molar-refractivity contribution < 1.29 is 9.53 Å². The summed E-state index contributed by atoms with van der Waals surface area (Å²) in [7, 11) is 0. The van der Waals surface area contributed by atoms with E-state index in [2.05, 4.69) is 15.5 Å². The number of carbonyl (C=O) groups is 1. The van der Waals surface area contributed by atoms with Crippen molar-refractivity contribution in [1.29, 1.82) is 0 Å². The predicted octanol–water partition coefficient (Wildman–Crippen LogP) is 5.26. The lowest BCUT2D eigenvalue weighted by Crippen LogP contribution is -2.16. The molecule has 0 saturated carbocycles. The molecule has 0 radical (unpaired) electrons. The van der Waals surface area contributed by atoms with Gasteiger partial charge in [-0.15, -0.1) is 10.2 Å². The number of hydrogen-bond acceptors (Lipinski definition) is 4. The summed E-state index contributed by atoms with van der Waals surface area (Å²) in [6, 6.07) is 22.8. The lowest BCUT2D eigenvalue weighted by molar-refractivity contribution is 0.102. The van der Waals surface area contributed by atoms with Crippen LogP contribution in [0.15, 0.2) is 72.8 Å². The molecule has 0 bridgehead atoms. The van der Waals surface area contributed by atoms with E-state index in [1.165, 1.54) is 0 Å². The molecule has 29 heavy (non-hydrogen) atoms. The van der Waals surface area contributed by atoms with E-state index >= 15 is 0 Å². The van der Waals surface area contributed by atoms with E-state index in [9.17, 15) is 4.79 Å². The molecule has 0 saturated heterocycles. The molecule has 0 fully saturated rings. The molecule has 1 amide bonds. The normalized spacial score (nSPS) is 10.7. The highest BCUT2D eigenvalue weighted by Crippen LogP contribution is 2.30. The smallest absolute Gasteiger partial charge is 0.258 e. The lowest BCUT2D eigenvalue weighted by Gasteiger charge is -2.14. The van der Waals surface area contributed by atoms with E-state index in [1.807, 2.05) is 86.6 Å². The van der Waals surface area contributed by atoms with Crippen LogP contribution in [0.2, 0.25) is 0 Å². The highest BCUT2D eigenvalue weighted by molar-refractivity contribution is 6.16. The standard InChI is InChI=1S/C24H21N3O2/c1-3-29-21-11-7-6-10-20(21)25-24(28)22-18-8-4-5-9-19(18)26-27-23(22)17-14-12-16(2)13-15-17/h4-15H,3H2,1-2H3,(H,25,28). The minimum atomic E-state index is -0.251. The molecular formula is C24H21N3O2. The third-order valence-electron chi connectivity index (χ3n) is 4.66. The van der Waals surface area contributed by atoms with Gasteiger partial charge in [0.15, 0.2) is 0 Å². The molecule has 4 rings (SSSR count). The number of para-hydroxylation sites is 2. The Labute approximate surface area is 169 Å². The van der Waals surface area contributed by atoms with Crippen molar-refractivity contribution in [3.63, 3.8) is 0 Å². The fraction of sp³-hybridized carbons (Fsp3) is 0.125. The number of nitrogens with zero attached hydrogens (tertiary/aromatic N) is 2. The van der Waals surface area contributed by atoms with Crippen LogP contribution >= 0.6 is 0 Å². The Bertz CT molecular complexity index is 1170. The van der Waals surface area contributed by atoms with Gasteiger partial charge >= 0.3 is 0 Å².